The molecule has 0 bridgehead atoms. The summed E-state index contributed by atoms with van der Waals surface area (Å²) >= 11 is 0. The third-order valence-corrected chi connectivity index (χ3v) is 14.7. The summed E-state index contributed by atoms with van der Waals surface area (Å²) in [6.07, 6.45) is 0. The van der Waals surface area contributed by atoms with Crippen LogP contribution in [0.4, 0.5) is 17.1 Å². The van der Waals surface area contributed by atoms with E-state index in [9.17, 15) is 0 Å². The molecule has 65 heavy (non-hydrogen) atoms. The number of para-hydroxylation sites is 1. The van der Waals surface area contributed by atoms with Gasteiger partial charge in [-0.15, -0.1) is 0 Å². The summed E-state index contributed by atoms with van der Waals surface area (Å²) in [6.45, 7) is 4.73. The average Bonchev–Trinajstić information content (AvgIpc) is 3.75. The Labute approximate surface area is 381 Å². The van der Waals surface area contributed by atoms with Gasteiger partial charge in [0.25, 0.3) is 0 Å². The first-order chi connectivity index (χ1) is 32.0. The second-order valence-electron chi connectivity index (χ2n) is 18.4. The molecule has 0 aromatic heterocycles. The van der Waals surface area contributed by atoms with E-state index in [0.29, 0.717) is 0 Å². The lowest BCUT2D eigenvalue weighted by Gasteiger charge is -2.35. The highest BCUT2D eigenvalue weighted by Crippen LogP contribution is 2.62. The van der Waals surface area contributed by atoms with Gasteiger partial charge in [-0.2, -0.15) is 0 Å². The molecule has 1 spiro atoms. The Morgan fingerprint density at radius 3 is 1.29 bits per heavy atom. The number of benzene rings is 10. The van der Waals surface area contributed by atoms with Gasteiger partial charge in [0.15, 0.2) is 0 Å². The van der Waals surface area contributed by atoms with E-state index in [2.05, 4.69) is 255 Å². The Bertz CT molecular complexity index is 3450. The van der Waals surface area contributed by atoms with Crippen molar-refractivity contribution in [1.82, 2.24) is 0 Å². The molecule has 0 amide bonds. The Morgan fingerprint density at radius 2 is 0.677 bits per heavy atom. The van der Waals surface area contributed by atoms with Crippen LogP contribution in [-0.4, -0.2) is 0 Å². The molecule has 10 aromatic rings. The largest absolute Gasteiger partial charge is 0.310 e. The van der Waals surface area contributed by atoms with Crippen LogP contribution in [0.15, 0.2) is 237 Å². The highest BCUT2D eigenvalue weighted by molar-refractivity contribution is 5.98. The summed E-state index contributed by atoms with van der Waals surface area (Å²) in [4.78, 5) is 2.46. The molecule has 0 N–H and O–H groups in total. The van der Waals surface area contributed by atoms with E-state index in [1.54, 1.807) is 0 Å². The average molecular weight is 828 g/mol. The van der Waals surface area contributed by atoms with E-state index in [0.717, 1.165) is 17.1 Å². The summed E-state index contributed by atoms with van der Waals surface area (Å²) < 4.78 is 0. The molecule has 3 aliphatic carbocycles. The van der Waals surface area contributed by atoms with E-state index < -0.39 is 5.41 Å². The van der Waals surface area contributed by atoms with Gasteiger partial charge in [-0.05, 0) is 131 Å². The van der Waals surface area contributed by atoms with Crippen molar-refractivity contribution < 1.29 is 0 Å². The van der Waals surface area contributed by atoms with Gasteiger partial charge in [0, 0.05) is 22.4 Å². The van der Waals surface area contributed by atoms with E-state index in [4.69, 9.17) is 0 Å². The zero-order chi connectivity index (χ0) is 43.3. The first-order valence-electron chi connectivity index (χ1n) is 22.8. The maximum atomic E-state index is 2.50. The Balaban J connectivity index is 0.987. The SMILES string of the molecule is CC1(C)c2ccccc2-c2ccc(N(c3ccc(-c4ccc5c(c4)C4(c6ccccc6-c6ccccc6-c6ccccc64)c4ccccc4-5)cc3)c3ccccc3-c3ccccc3)cc21. The van der Waals surface area contributed by atoms with E-state index in [1.165, 1.54) is 100 Å². The van der Waals surface area contributed by atoms with Crippen molar-refractivity contribution in [2.75, 3.05) is 4.90 Å². The first kappa shape index (κ1) is 37.5. The molecule has 0 fully saturated rings. The predicted molar refractivity (Wildman–Crippen MR) is 271 cm³/mol. The third-order valence-electron chi connectivity index (χ3n) is 14.7. The van der Waals surface area contributed by atoms with Gasteiger partial charge in [0.2, 0.25) is 0 Å². The number of fused-ring (bicyclic) bond motifs is 15. The zero-order valence-corrected chi connectivity index (χ0v) is 36.5. The first-order valence-corrected chi connectivity index (χ1v) is 22.8. The minimum absolute atomic E-state index is 0.123. The van der Waals surface area contributed by atoms with Gasteiger partial charge in [-0.25, -0.2) is 0 Å². The molecule has 3 aliphatic rings. The van der Waals surface area contributed by atoms with Crippen molar-refractivity contribution in [1.29, 1.82) is 0 Å². The molecule has 0 atom stereocenters. The standard InChI is InChI=1S/C64H45N/c1-63(2)56-27-13-8-25-52(56)54-39-37-46(41-60(54)63)65(62-31-17-12-20-47(62)43-18-4-3-5-19-43)45-35-32-42(33-36-45)44-34-38-55-53-26-11-16-30-59(53)64(61(55)40-44)57-28-14-9-23-50(57)48-21-6-7-22-49(48)51-24-10-15-29-58(51)64/h3-41H,1-2H3. The molecular weight excluding hydrogens is 783 g/mol. The lowest BCUT2D eigenvalue weighted by Crippen LogP contribution is -2.29. The zero-order valence-electron chi connectivity index (χ0n) is 36.5. The van der Waals surface area contributed by atoms with Gasteiger partial charge in [-0.1, -0.05) is 214 Å². The summed E-state index contributed by atoms with van der Waals surface area (Å²) in [6, 6.07) is 88.4. The van der Waals surface area contributed by atoms with E-state index in [1.807, 2.05) is 0 Å². The fourth-order valence-corrected chi connectivity index (χ4v) is 11.8. The highest BCUT2D eigenvalue weighted by atomic mass is 15.1. The molecule has 0 saturated carbocycles. The van der Waals surface area contributed by atoms with Crippen LogP contribution in [0.25, 0.3) is 66.8 Å². The predicted octanol–water partition coefficient (Wildman–Crippen LogP) is 16.8. The van der Waals surface area contributed by atoms with Crippen LogP contribution in [0, 0.1) is 0 Å². The van der Waals surface area contributed by atoms with Crippen LogP contribution in [0.2, 0.25) is 0 Å². The topological polar surface area (TPSA) is 3.24 Å². The molecule has 0 saturated heterocycles. The lowest BCUT2D eigenvalue weighted by molar-refractivity contribution is 0.660. The molecule has 1 heteroatoms. The van der Waals surface area contributed by atoms with Crippen molar-refractivity contribution >= 4 is 17.1 Å². The van der Waals surface area contributed by atoms with Crippen LogP contribution in [0.5, 0.6) is 0 Å². The van der Waals surface area contributed by atoms with Gasteiger partial charge >= 0.3 is 0 Å². The van der Waals surface area contributed by atoms with Gasteiger partial charge < -0.3 is 4.90 Å². The minimum Gasteiger partial charge on any atom is -0.310 e. The van der Waals surface area contributed by atoms with Crippen molar-refractivity contribution in [2.45, 2.75) is 24.7 Å². The number of rotatable bonds is 5. The molecule has 13 rings (SSSR count). The summed E-state index contributed by atoms with van der Waals surface area (Å²) in [7, 11) is 0. The fraction of sp³-hybridized carbons (Fsp3) is 0.0625. The van der Waals surface area contributed by atoms with Crippen LogP contribution in [0.3, 0.4) is 0 Å². The third kappa shape index (κ3) is 5.39. The molecule has 0 aliphatic heterocycles. The molecule has 0 unspecified atom stereocenters. The lowest BCUT2D eigenvalue weighted by atomic mass is 9.65. The quantitative estimate of drug-likeness (QED) is 0.167. The van der Waals surface area contributed by atoms with Crippen LogP contribution in [0.1, 0.15) is 47.2 Å². The maximum absolute atomic E-state index is 2.50. The van der Waals surface area contributed by atoms with Crippen molar-refractivity contribution in [3.8, 4) is 66.8 Å². The minimum atomic E-state index is -0.521. The summed E-state index contributed by atoms with van der Waals surface area (Å²) in [5.74, 6) is 0. The molecule has 306 valence electrons. The van der Waals surface area contributed by atoms with Crippen LogP contribution >= 0.6 is 0 Å². The van der Waals surface area contributed by atoms with Crippen molar-refractivity contribution in [3.63, 3.8) is 0 Å². The summed E-state index contributed by atoms with van der Waals surface area (Å²) in [5.41, 5.74) is 25.9. The normalized spacial score (nSPS) is 13.9. The Morgan fingerprint density at radius 1 is 0.262 bits per heavy atom. The summed E-state index contributed by atoms with van der Waals surface area (Å²) in [5, 5.41) is 0. The maximum Gasteiger partial charge on any atom is 0.0725 e. The Kier molecular flexibility index (Phi) is 8.24. The Hall–Kier alpha value is -8.00. The van der Waals surface area contributed by atoms with E-state index >= 15 is 0 Å². The van der Waals surface area contributed by atoms with Gasteiger partial charge in [0.1, 0.15) is 0 Å². The monoisotopic (exact) mass is 827 g/mol. The van der Waals surface area contributed by atoms with Crippen molar-refractivity contribution in [2.24, 2.45) is 0 Å². The second kappa shape index (κ2) is 14.3. The molecule has 0 radical (unpaired) electrons. The van der Waals surface area contributed by atoms with Gasteiger partial charge in [0.05, 0.1) is 11.1 Å². The molecular formula is C64H45N. The number of hydrogen-bond acceptors (Lipinski definition) is 1. The molecule has 10 aromatic carbocycles. The van der Waals surface area contributed by atoms with Gasteiger partial charge in [-0.3, -0.25) is 0 Å². The number of nitrogens with zero attached hydrogens (tertiary/aromatic N) is 1. The molecule has 0 heterocycles. The van der Waals surface area contributed by atoms with Crippen LogP contribution in [-0.2, 0) is 10.8 Å². The molecule has 1 nitrogen and oxygen atoms in total. The van der Waals surface area contributed by atoms with E-state index in [-0.39, 0.29) is 5.41 Å². The second-order valence-corrected chi connectivity index (χ2v) is 18.4. The smallest absolute Gasteiger partial charge is 0.0725 e. The number of anilines is 3. The number of hydrogen-bond donors (Lipinski definition) is 0. The van der Waals surface area contributed by atoms with Crippen molar-refractivity contribution in [3.05, 3.63) is 270 Å². The highest BCUT2D eigenvalue weighted by Gasteiger charge is 2.49. The fourth-order valence-electron chi connectivity index (χ4n) is 11.8. The van der Waals surface area contributed by atoms with Crippen LogP contribution < -0.4 is 4.90 Å².